The molecular formula is C14H17N3O2. The van der Waals surface area contributed by atoms with E-state index in [-0.39, 0.29) is 24.4 Å². The Labute approximate surface area is 111 Å². The van der Waals surface area contributed by atoms with Crippen LogP contribution in [0.1, 0.15) is 18.4 Å². The molecule has 0 spiro atoms. The number of hydrogen-bond acceptors (Lipinski definition) is 3. The molecule has 0 bridgehead atoms. The van der Waals surface area contributed by atoms with Crippen molar-refractivity contribution in [3.8, 4) is 0 Å². The number of anilines is 1. The van der Waals surface area contributed by atoms with Crippen LogP contribution in [0, 0.1) is 0 Å². The summed E-state index contributed by atoms with van der Waals surface area (Å²) >= 11 is 0. The summed E-state index contributed by atoms with van der Waals surface area (Å²) in [5, 5.41) is 8.69. The number of benzene rings is 1. The van der Waals surface area contributed by atoms with Gasteiger partial charge in [0, 0.05) is 18.2 Å². The highest BCUT2D eigenvalue weighted by molar-refractivity contribution is 5.90. The Balaban J connectivity index is 1.48. The van der Waals surface area contributed by atoms with Crippen LogP contribution in [-0.4, -0.2) is 30.4 Å². The molecule has 5 heteroatoms. The fourth-order valence-electron chi connectivity index (χ4n) is 2.25. The molecule has 100 valence electrons. The summed E-state index contributed by atoms with van der Waals surface area (Å²) in [5.41, 5.74) is 2.15. The molecule has 1 unspecified atom stereocenters. The molecule has 1 aliphatic heterocycles. The fraction of sp³-hybridized carbons (Fsp3) is 0.429. The minimum atomic E-state index is -0.272. The summed E-state index contributed by atoms with van der Waals surface area (Å²) < 4.78 is 0. The Morgan fingerprint density at radius 2 is 2.05 bits per heavy atom. The molecule has 1 aromatic carbocycles. The summed E-state index contributed by atoms with van der Waals surface area (Å²) in [5.74, 6) is -0.228. The highest BCUT2D eigenvalue weighted by Crippen LogP contribution is 2.25. The summed E-state index contributed by atoms with van der Waals surface area (Å²) in [6.07, 6.45) is 2.78. The van der Waals surface area contributed by atoms with Gasteiger partial charge >= 0.3 is 0 Å². The Hall–Kier alpha value is -2.04. The summed E-state index contributed by atoms with van der Waals surface area (Å²) in [6.45, 7) is 0.0594. The van der Waals surface area contributed by atoms with Gasteiger partial charge < -0.3 is 16.0 Å². The van der Waals surface area contributed by atoms with Crippen LogP contribution in [0.25, 0.3) is 0 Å². The molecule has 1 aromatic rings. The third kappa shape index (κ3) is 2.86. The maximum atomic E-state index is 12.0. The molecule has 1 heterocycles. The van der Waals surface area contributed by atoms with E-state index in [1.807, 2.05) is 24.3 Å². The van der Waals surface area contributed by atoms with E-state index in [1.54, 1.807) is 0 Å². The fourth-order valence-corrected chi connectivity index (χ4v) is 2.25. The van der Waals surface area contributed by atoms with Crippen molar-refractivity contribution in [1.82, 2.24) is 10.6 Å². The van der Waals surface area contributed by atoms with Crippen LogP contribution in [-0.2, 0) is 16.0 Å². The summed E-state index contributed by atoms with van der Waals surface area (Å²) in [6, 6.07) is 7.93. The lowest BCUT2D eigenvalue weighted by Crippen LogP contribution is -2.44. The van der Waals surface area contributed by atoms with Crippen LogP contribution >= 0.6 is 0 Å². The smallest absolute Gasteiger partial charge is 0.243 e. The van der Waals surface area contributed by atoms with E-state index >= 15 is 0 Å². The Bertz CT molecular complexity index is 486. The second-order valence-corrected chi connectivity index (χ2v) is 5.12. The highest BCUT2D eigenvalue weighted by Gasteiger charge is 2.27. The minimum absolute atomic E-state index is 0.0594. The molecule has 2 amide bonds. The van der Waals surface area contributed by atoms with Crippen molar-refractivity contribution >= 4 is 17.5 Å². The largest absolute Gasteiger partial charge is 0.373 e. The lowest BCUT2D eigenvalue weighted by molar-refractivity contribution is -0.126. The number of fused-ring (bicyclic) bond motifs is 1. The van der Waals surface area contributed by atoms with Crippen LogP contribution in [0.4, 0.5) is 5.69 Å². The predicted octanol–water partition coefficient (Wildman–Crippen LogP) is 0.418. The van der Waals surface area contributed by atoms with E-state index in [4.69, 9.17) is 0 Å². The van der Waals surface area contributed by atoms with Gasteiger partial charge in [0.05, 0.1) is 6.54 Å². The predicted molar refractivity (Wildman–Crippen MR) is 71.7 cm³/mol. The molecule has 1 aliphatic carbocycles. The lowest BCUT2D eigenvalue weighted by Gasteiger charge is -2.11. The van der Waals surface area contributed by atoms with Crippen molar-refractivity contribution in [2.24, 2.45) is 0 Å². The van der Waals surface area contributed by atoms with Crippen molar-refractivity contribution in [1.29, 1.82) is 0 Å². The summed E-state index contributed by atoms with van der Waals surface area (Å²) in [4.78, 5) is 23.5. The average Bonchev–Trinajstić information content (AvgIpc) is 3.10. The first-order chi connectivity index (χ1) is 9.22. The van der Waals surface area contributed by atoms with E-state index in [0.29, 0.717) is 12.5 Å². The molecular weight excluding hydrogens is 242 g/mol. The third-order valence-electron chi connectivity index (χ3n) is 3.45. The van der Waals surface area contributed by atoms with Crippen molar-refractivity contribution in [2.45, 2.75) is 31.3 Å². The first-order valence-corrected chi connectivity index (χ1v) is 6.64. The molecule has 1 fully saturated rings. The molecule has 0 saturated heterocycles. The molecule has 3 rings (SSSR count). The van der Waals surface area contributed by atoms with Crippen LogP contribution in [0.2, 0.25) is 0 Å². The Morgan fingerprint density at radius 3 is 2.79 bits per heavy atom. The number of amides is 2. The van der Waals surface area contributed by atoms with Gasteiger partial charge in [0.2, 0.25) is 11.8 Å². The summed E-state index contributed by atoms with van der Waals surface area (Å²) in [7, 11) is 0. The van der Waals surface area contributed by atoms with Gasteiger partial charge in [0.1, 0.15) is 6.04 Å². The van der Waals surface area contributed by atoms with Gasteiger partial charge in [0.15, 0.2) is 0 Å². The number of para-hydroxylation sites is 1. The quantitative estimate of drug-likeness (QED) is 0.734. The van der Waals surface area contributed by atoms with Gasteiger partial charge in [-0.3, -0.25) is 9.59 Å². The molecule has 5 nitrogen and oxygen atoms in total. The second-order valence-electron chi connectivity index (χ2n) is 5.12. The van der Waals surface area contributed by atoms with Crippen molar-refractivity contribution in [2.75, 3.05) is 11.9 Å². The van der Waals surface area contributed by atoms with Crippen LogP contribution in [0.5, 0.6) is 0 Å². The number of carbonyl (C=O) groups excluding carboxylic acids is 2. The standard InChI is InChI=1S/C14H17N3O2/c18-13(16-10-5-6-10)8-15-14(19)12-7-9-3-1-2-4-11(9)17-12/h1-4,10,12,17H,5-8H2,(H,15,19)(H,16,18). The minimum Gasteiger partial charge on any atom is -0.373 e. The van der Waals surface area contributed by atoms with Gasteiger partial charge in [-0.2, -0.15) is 0 Å². The monoisotopic (exact) mass is 259 g/mol. The third-order valence-corrected chi connectivity index (χ3v) is 3.45. The molecule has 1 atom stereocenters. The zero-order valence-corrected chi connectivity index (χ0v) is 10.6. The van der Waals surface area contributed by atoms with Crippen LogP contribution in [0.3, 0.4) is 0 Å². The second kappa shape index (κ2) is 4.91. The van der Waals surface area contributed by atoms with E-state index in [0.717, 1.165) is 24.1 Å². The normalized spacial score (nSPS) is 20.3. The van der Waals surface area contributed by atoms with E-state index in [9.17, 15) is 9.59 Å². The molecule has 1 saturated carbocycles. The van der Waals surface area contributed by atoms with Gasteiger partial charge in [0.25, 0.3) is 0 Å². The molecule has 19 heavy (non-hydrogen) atoms. The molecule has 2 aliphatic rings. The first-order valence-electron chi connectivity index (χ1n) is 6.64. The Kier molecular flexibility index (Phi) is 3.11. The van der Waals surface area contributed by atoms with Crippen LogP contribution in [0.15, 0.2) is 24.3 Å². The topological polar surface area (TPSA) is 70.2 Å². The first kappa shape index (κ1) is 12.0. The Morgan fingerprint density at radius 1 is 1.26 bits per heavy atom. The van der Waals surface area contributed by atoms with Gasteiger partial charge in [-0.15, -0.1) is 0 Å². The highest BCUT2D eigenvalue weighted by atomic mass is 16.2. The number of nitrogens with one attached hydrogen (secondary N) is 3. The zero-order chi connectivity index (χ0) is 13.2. The number of hydrogen-bond donors (Lipinski definition) is 3. The zero-order valence-electron chi connectivity index (χ0n) is 10.6. The van der Waals surface area contributed by atoms with E-state index < -0.39 is 0 Å². The lowest BCUT2D eigenvalue weighted by atomic mass is 10.1. The number of carbonyl (C=O) groups is 2. The average molecular weight is 259 g/mol. The van der Waals surface area contributed by atoms with Crippen molar-refractivity contribution in [3.63, 3.8) is 0 Å². The van der Waals surface area contributed by atoms with Crippen LogP contribution < -0.4 is 16.0 Å². The van der Waals surface area contributed by atoms with Crippen molar-refractivity contribution < 1.29 is 9.59 Å². The van der Waals surface area contributed by atoms with E-state index in [2.05, 4.69) is 16.0 Å². The molecule has 3 N–H and O–H groups in total. The molecule has 0 aromatic heterocycles. The van der Waals surface area contributed by atoms with E-state index in [1.165, 1.54) is 0 Å². The van der Waals surface area contributed by atoms with Gasteiger partial charge in [-0.1, -0.05) is 18.2 Å². The van der Waals surface area contributed by atoms with Gasteiger partial charge in [-0.25, -0.2) is 0 Å². The van der Waals surface area contributed by atoms with Gasteiger partial charge in [-0.05, 0) is 24.5 Å². The maximum Gasteiger partial charge on any atom is 0.243 e. The number of rotatable bonds is 4. The van der Waals surface area contributed by atoms with Crippen molar-refractivity contribution in [3.05, 3.63) is 29.8 Å². The SMILES string of the molecule is O=C(CNC(=O)C1Cc2ccccc2N1)NC1CC1. The molecule has 0 radical (unpaired) electrons. The maximum absolute atomic E-state index is 12.0.